The number of hydrogen-bond donors (Lipinski definition) is 3. The molecule has 0 aromatic heterocycles. The number of amides is 3. The van der Waals surface area contributed by atoms with Gasteiger partial charge in [-0.1, -0.05) is 49.4 Å². The molecule has 180 valence electrons. The fourth-order valence-electron chi connectivity index (χ4n) is 3.06. The monoisotopic (exact) mass is 472 g/mol. The molecule has 3 aromatic carbocycles. The number of hydrogen-bond acceptors (Lipinski definition) is 5. The average Bonchev–Trinajstić information content (AvgIpc) is 2.87. The molecule has 0 saturated carbocycles. The van der Waals surface area contributed by atoms with Crippen LogP contribution < -0.4 is 20.8 Å². The Kier molecular flexibility index (Phi) is 9.13. The smallest absolute Gasteiger partial charge is 0.329 e. The third kappa shape index (κ3) is 8.43. The molecule has 3 N–H and O–H groups in total. The van der Waals surface area contributed by atoms with Crippen molar-refractivity contribution in [3.8, 4) is 5.75 Å². The van der Waals surface area contributed by atoms with Gasteiger partial charge in [0.15, 0.2) is 0 Å². The van der Waals surface area contributed by atoms with E-state index in [1.54, 1.807) is 43.3 Å². The van der Waals surface area contributed by atoms with Gasteiger partial charge in [-0.15, -0.1) is 0 Å². The SMILES string of the molecule is CCc1ccc(NC(=O)C(=O)NN=C(C)CC(=O)Nc2ccc(OCc3ccccc3)cc2)cc1. The van der Waals surface area contributed by atoms with Crippen LogP contribution >= 0.6 is 0 Å². The predicted molar refractivity (Wildman–Crippen MR) is 136 cm³/mol. The molecular weight excluding hydrogens is 444 g/mol. The first-order valence-corrected chi connectivity index (χ1v) is 11.2. The topological polar surface area (TPSA) is 109 Å². The minimum absolute atomic E-state index is 0.0490. The first-order chi connectivity index (χ1) is 16.9. The molecule has 0 spiro atoms. The highest BCUT2D eigenvalue weighted by Crippen LogP contribution is 2.17. The van der Waals surface area contributed by atoms with Crippen LogP contribution in [0.25, 0.3) is 0 Å². The highest BCUT2D eigenvalue weighted by Gasteiger charge is 2.13. The first-order valence-electron chi connectivity index (χ1n) is 11.2. The van der Waals surface area contributed by atoms with Crippen molar-refractivity contribution < 1.29 is 19.1 Å². The Morgan fingerprint density at radius 2 is 1.40 bits per heavy atom. The maximum Gasteiger partial charge on any atom is 0.329 e. The molecule has 8 heteroatoms. The molecule has 3 aromatic rings. The van der Waals surface area contributed by atoms with Crippen molar-refractivity contribution in [3.05, 3.63) is 90.0 Å². The van der Waals surface area contributed by atoms with Crippen LogP contribution in [0.2, 0.25) is 0 Å². The van der Waals surface area contributed by atoms with Gasteiger partial charge in [0.1, 0.15) is 12.4 Å². The van der Waals surface area contributed by atoms with Crippen molar-refractivity contribution in [1.82, 2.24) is 5.43 Å². The van der Waals surface area contributed by atoms with Crippen LogP contribution in [-0.2, 0) is 27.4 Å². The van der Waals surface area contributed by atoms with Gasteiger partial charge in [-0.3, -0.25) is 14.4 Å². The second-order valence-corrected chi connectivity index (χ2v) is 7.82. The number of anilines is 2. The molecule has 0 radical (unpaired) electrons. The Morgan fingerprint density at radius 1 is 0.771 bits per heavy atom. The predicted octanol–water partition coefficient (Wildman–Crippen LogP) is 4.29. The molecule has 0 aliphatic heterocycles. The largest absolute Gasteiger partial charge is 0.489 e. The zero-order valence-corrected chi connectivity index (χ0v) is 19.7. The quantitative estimate of drug-likeness (QED) is 0.245. The molecule has 0 bridgehead atoms. The molecule has 8 nitrogen and oxygen atoms in total. The van der Waals surface area contributed by atoms with E-state index in [0.717, 1.165) is 17.5 Å². The van der Waals surface area contributed by atoms with Crippen LogP contribution in [-0.4, -0.2) is 23.4 Å². The fraction of sp³-hybridized carbons (Fsp3) is 0.185. The van der Waals surface area contributed by atoms with Crippen molar-refractivity contribution in [2.75, 3.05) is 10.6 Å². The number of carbonyl (C=O) groups excluding carboxylic acids is 3. The Morgan fingerprint density at radius 3 is 2.06 bits per heavy atom. The molecule has 0 aliphatic carbocycles. The molecule has 0 fully saturated rings. The van der Waals surface area contributed by atoms with Gasteiger partial charge in [0, 0.05) is 17.1 Å². The van der Waals surface area contributed by atoms with Crippen LogP contribution in [0, 0.1) is 0 Å². The number of ether oxygens (including phenoxy) is 1. The fourth-order valence-corrected chi connectivity index (χ4v) is 3.06. The number of benzene rings is 3. The van der Waals surface area contributed by atoms with E-state index < -0.39 is 11.8 Å². The van der Waals surface area contributed by atoms with E-state index in [2.05, 4.69) is 21.2 Å². The number of carbonyl (C=O) groups is 3. The summed E-state index contributed by atoms with van der Waals surface area (Å²) in [4.78, 5) is 36.3. The summed E-state index contributed by atoms with van der Waals surface area (Å²) in [5, 5.41) is 9.10. The lowest BCUT2D eigenvalue weighted by Crippen LogP contribution is -2.33. The van der Waals surface area contributed by atoms with E-state index in [-0.39, 0.29) is 12.3 Å². The van der Waals surface area contributed by atoms with Gasteiger partial charge in [-0.05, 0) is 60.9 Å². The Hall–Kier alpha value is -4.46. The summed E-state index contributed by atoms with van der Waals surface area (Å²) in [6.07, 6.45) is 0.831. The summed E-state index contributed by atoms with van der Waals surface area (Å²) in [6, 6.07) is 24.1. The molecular formula is C27H28N4O4. The molecule has 0 saturated heterocycles. The molecule has 0 aliphatic rings. The molecule has 3 amide bonds. The van der Waals surface area contributed by atoms with Crippen molar-refractivity contribution in [2.45, 2.75) is 33.3 Å². The van der Waals surface area contributed by atoms with Crippen LogP contribution in [0.5, 0.6) is 5.75 Å². The number of nitrogens with one attached hydrogen (secondary N) is 3. The lowest BCUT2D eigenvalue weighted by molar-refractivity contribution is -0.136. The van der Waals surface area contributed by atoms with Gasteiger partial charge in [0.2, 0.25) is 5.91 Å². The van der Waals surface area contributed by atoms with Crippen molar-refractivity contribution in [1.29, 1.82) is 0 Å². The standard InChI is InChI=1S/C27H28N4O4/c1-3-20-9-11-23(12-10-20)29-26(33)27(34)31-30-19(2)17-25(32)28-22-13-15-24(16-14-22)35-18-21-7-5-4-6-8-21/h4-16H,3,17-18H2,1-2H3,(H,28,32)(H,29,33)(H,31,34). The second-order valence-electron chi connectivity index (χ2n) is 7.82. The highest BCUT2D eigenvalue weighted by molar-refractivity contribution is 6.39. The van der Waals surface area contributed by atoms with Crippen LogP contribution in [0.3, 0.4) is 0 Å². The summed E-state index contributed by atoms with van der Waals surface area (Å²) in [5.41, 5.74) is 5.82. The summed E-state index contributed by atoms with van der Waals surface area (Å²) in [5.74, 6) is -1.38. The summed E-state index contributed by atoms with van der Waals surface area (Å²) < 4.78 is 5.73. The average molecular weight is 473 g/mol. The third-order valence-electron chi connectivity index (χ3n) is 4.98. The molecule has 0 unspecified atom stereocenters. The van der Waals surface area contributed by atoms with Gasteiger partial charge in [-0.25, -0.2) is 5.43 Å². The van der Waals surface area contributed by atoms with E-state index in [9.17, 15) is 14.4 Å². The number of hydrazone groups is 1. The maximum atomic E-state index is 12.3. The Bertz CT molecular complexity index is 1170. The maximum absolute atomic E-state index is 12.3. The summed E-state index contributed by atoms with van der Waals surface area (Å²) in [7, 11) is 0. The van der Waals surface area contributed by atoms with Gasteiger partial charge in [-0.2, -0.15) is 5.10 Å². The van der Waals surface area contributed by atoms with Gasteiger partial charge < -0.3 is 15.4 Å². The number of rotatable bonds is 9. The minimum Gasteiger partial charge on any atom is -0.489 e. The van der Waals surface area contributed by atoms with Gasteiger partial charge in [0.05, 0.1) is 6.42 Å². The van der Waals surface area contributed by atoms with Crippen LogP contribution in [0.4, 0.5) is 11.4 Å². The highest BCUT2D eigenvalue weighted by atomic mass is 16.5. The van der Waals surface area contributed by atoms with E-state index in [4.69, 9.17) is 4.74 Å². The normalized spacial score (nSPS) is 10.9. The van der Waals surface area contributed by atoms with Crippen molar-refractivity contribution >= 4 is 34.8 Å². The van der Waals surface area contributed by atoms with Crippen LogP contribution in [0.15, 0.2) is 84.0 Å². The summed E-state index contributed by atoms with van der Waals surface area (Å²) in [6.45, 7) is 4.07. The van der Waals surface area contributed by atoms with E-state index in [0.29, 0.717) is 29.4 Å². The first kappa shape index (κ1) is 25.2. The van der Waals surface area contributed by atoms with Crippen LogP contribution in [0.1, 0.15) is 31.4 Å². The minimum atomic E-state index is -0.921. The second kappa shape index (κ2) is 12.7. The van der Waals surface area contributed by atoms with E-state index in [1.807, 2.05) is 49.4 Å². The van der Waals surface area contributed by atoms with Gasteiger partial charge in [0.25, 0.3) is 0 Å². The van der Waals surface area contributed by atoms with E-state index in [1.165, 1.54) is 0 Å². The molecule has 0 atom stereocenters. The number of nitrogens with zero attached hydrogens (tertiary/aromatic N) is 1. The Labute approximate surface area is 204 Å². The van der Waals surface area contributed by atoms with Crippen molar-refractivity contribution in [2.24, 2.45) is 5.10 Å². The van der Waals surface area contributed by atoms with E-state index >= 15 is 0 Å². The number of aryl methyl sites for hydroxylation is 1. The Balaban J connectivity index is 1.41. The molecule has 35 heavy (non-hydrogen) atoms. The van der Waals surface area contributed by atoms with Gasteiger partial charge >= 0.3 is 11.8 Å². The summed E-state index contributed by atoms with van der Waals surface area (Å²) >= 11 is 0. The van der Waals surface area contributed by atoms with Crippen molar-refractivity contribution in [3.63, 3.8) is 0 Å². The zero-order valence-electron chi connectivity index (χ0n) is 19.7. The zero-order chi connectivity index (χ0) is 25.0. The lowest BCUT2D eigenvalue weighted by Gasteiger charge is -2.09. The molecule has 0 heterocycles. The lowest BCUT2D eigenvalue weighted by atomic mass is 10.1. The molecule has 3 rings (SSSR count). The third-order valence-corrected chi connectivity index (χ3v) is 4.98.